The summed E-state index contributed by atoms with van der Waals surface area (Å²) in [4.78, 5) is 29.2. The number of anilines is 1. The maximum Gasteiger partial charge on any atom is 0.358 e. The van der Waals surface area contributed by atoms with Crippen LogP contribution in [0.2, 0.25) is 0 Å². The number of hydrogen-bond acceptors (Lipinski definition) is 6. The van der Waals surface area contributed by atoms with Crippen molar-refractivity contribution < 1.29 is 14.3 Å². The SMILES string of the molecule is COC(=O)c1cnc(NCCC(N)=O)cn1. The average molecular weight is 224 g/mol. The zero-order chi connectivity index (χ0) is 12.0. The van der Waals surface area contributed by atoms with E-state index in [0.717, 1.165) is 0 Å². The maximum absolute atomic E-state index is 11.0. The highest BCUT2D eigenvalue weighted by Crippen LogP contribution is 2.01. The summed E-state index contributed by atoms with van der Waals surface area (Å²) >= 11 is 0. The summed E-state index contributed by atoms with van der Waals surface area (Å²) in [5.41, 5.74) is 5.09. The second kappa shape index (κ2) is 5.64. The summed E-state index contributed by atoms with van der Waals surface area (Å²) in [6.45, 7) is 0.377. The molecular formula is C9H12N4O3. The van der Waals surface area contributed by atoms with Gasteiger partial charge >= 0.3 is 5.97 Å². The van der Waals surface area contributed by atoms with Crippen molar-refractivity contribution in [2.45, 2.75) is 6.42 Å². The molecule has 0 aromatic carbocycles. The number of esters is 1. The molecule has 7 heteroatoms. The molecule has 7 nitrogen and oxygen atoms in total. The summed E-state index contributed by atoms with van der Waals surface area (Å²) in [6.07, 6.45) is 2.88. The molecule has 0 aliphatic rings. The number of rotatable bonds is 5. The van der Waals surface area contributed by atoms with Crippen LogP contribution in [0.5, 0.6) is 0 Å². The van der Waals surface area contributed by atoms with Crippen LogP contribution in [0, 0.1) is 0 Å². The van der Waals surface area contributed by atoms with E-state index in [0.29, 0.717) is 12.4 Å². The topological polar surface area (TPSA) is 107 Å². The Kier molecular flexibility index (Phi) is 4.19. The molecule has 0 spiro atoms. The van der Waals surface area contributed by atoms with Crippen molar-refractivity contribution in [3.8, 4) is 0 Å². The fraction of sp³-hybridized carbons (Fsp3) is 0.333. The first kappa shape index (κ1) is 11.9. The Hall–Kier alpha value is -2.18. The van der Waals surface area contributed by atoms with Gasteiger partial charge in [0.25, 0.3) is 0 Å². The molecule has 16 heavy (non-hydrogen) atoms. The van der Waals surface area contributed by atoms with Gasteiger partial charge in [-0.05, 0) is 0 Å². The van der Waals surface area contributed by atoms with Crippen molar-refractivity contribution >= 4 is 17.7 Å². The monoisotopic (exact) mass is 224 g/mol. The zero-order valence-electron chi connectivity index (χ0n) is 8.77. The predicted molar refractivity (Wildman–Crippen MR) is 55.7 cm³/mol. The number of nitrogens with zero attached hydrogens (tertiary/aromatic N) is 2. The quantitative estimate of drug-likeness (QED) is 0.656. The van der Waals surface area contributed by atoms with Crippen LogP contribution in [-0.4, -0.2) is 35.5 Å². The number of primary amides is 1. The third-order valence-corrected chi connectivity index (χ3v) is 1.72. The van der Waals surface area contributed by atoms with Gasteiger partial charge in [-0.2, -0.15) is 0 Å². The Bertz CT molecular complexity index is 377. The van der Waals surface area contributed by atoms with Crippen molar-refractivity contribution in [2.24, 2.45) is 5.73 Å². The molecule has 1 aromatic heterocycles. The molecule has 86 valence electrons. The third-order valence-electron chi connectivity index (χ3n) is 1.72. The summed E-state index contributed by atoms with van der Waals surface area (Å²) < 4.78 is 4.47. The highest BCUT2D eigenvalue weighted by molar-refractivity contribution is 5.86. The molecule has 0 atom stereocenters. The molecular weight excluding hydrogens is 212 g/mol. The minimum Gasteiger partial charge on any atom is -0.464 e. The Morgan fingerprint density at radius 1 is 1.44 bits per heavy atom. The van der Waals surface area contributed by atoms with Gasteiger partial charge in [-0.25, -0.2) is 14.8 Å². The van der Waals surface area contributed by atoms with Crippen molar-refractivity contribution in [3.63, 3.8) is 0 Å². The lowest BCUT2D eigenvalue weighted by Crippen LogP contribution is -2.16. The van der Waals surface area contributed by atoms with Crippen molar-refractivity contribution in [2.75, 3.05) is 19.0 Å². The second-order valence-corrected chi connectivity index (χ2v) is 2.92. The molecule has 0 bridgehead atoms. The number of carbonyl (C=O) groups excluding carboxylic acids is 2. The molecule has 0 radical (unpaired) electrons. The van der Waals surface area contributed by atoms with E-state index in [9.17, 15) is 9.59 Å². The molecule has 1 heterocycles. The molecule has 1 rings (SSSR count). The lowest BCUT2D eigenvalue weighted by Gasteiger charge is -2.03. The standard InChI is InChI=1S/C9H12N4O3/c1-16-9(15)6-4-13-8(5-12-6)11-3-2-7(10)14/h4-5H,2-3H2,1H3,(H2,10,14)(H,11,13). The van der Waals surface area contributed by atoms with Crippen LogP contribution in [0.15, 0.2) is 12.4 Å². The van der Waals surface area contributed by atoms with E-state index in [1.807, 2.05) is 0 Å². The molecule has 0 aliphatic carbocycles. The number of carbonyl (C=O) groups is 2. The highest BCUT2D eigenvalue weighted by Gasteiger charge is 2.06. The van der Waals surface area contributed by atoms with E-state index in [1.165, 1.54) is 19.5 Å². The Morgan fingerprint density at radius 3 is 2.69 bits per heavy atom. The summed E-state index contributed by atoms with van der Waals surface area (Å²) in [5, 5.41) is 2.83. The number of aromatic nitrogens is 2. The average Bonchev–Trinajstić information content (AvgIpc) is 2.28. The van der Waals surface area contributed by atoms with Crippen LogP contribution in [0.1, 0.15) is 16.9 Å². The van der Waals surface area contributed by atoms with Crippen molar-refractivity contribution in [1.29, 1.82) is 0 Å². The second-order valence-electron chi connectivity index (χ2n) is 2.92. The predicted octanol–water partition coefficient (Wildman–Crippen LogP) is -0.450. The van der Waals surface area contributed by atoms with Gasteiger partial charge in [0.2, 0.25) is 5.91 Å². The summed E-state index contributed by atoms with van der Waals surface area (Å²) in [5.74, 6) is -0.475. The van der Waals surface area contributed by atoms with Crippen LogP contribution in [-0.2, 0) is 9.53 Å². The van der Waals surface area contributed by atoms with Crippen LogP contribution in [0.4, 0.5) is 5.82 Å². The first-order valence-electron chi connectivity index (χ1n) is 4.56. The highest BCUT2D eigenvalue weighted by atomic mass is 16.5. The van der Waals surface area contributed by atoms with Crippen LogP contribution in [0.3, 0.4) is 0 Å². The van der Waals surface area contributed by atoms with E-state index in [2.05, 4.69) is 20.0 Å². The molecule has 1 amide bonds. The first-order chi connectivity index (χ1) is 7.63. The van der Waals surface area contributed by atoms with Gasteiger partial charge in [-0.1, -0.05) is 0 Å². The molecule has 0 unspecified atom stereocenters. The van der Waals surface area contributed by atoms with Gasteiger partial charge in [0.1, 0.15) is 5.82 Å². The van der Waals surface area contributed by atoms with E-state index in [4.69, 9.17) is 5.73 Å². The fourth-order valence-corrected chi connectivity index (χ4v) is 0.943. The number of hydrogen-bond donors (Lipinski definition) is 2. The lowest BCUT2D eigenvalue weighted by atomic mass is 10.4. The molecule has 1 aromatic rings. The summed E-state index contributed by atoms with van der Waals surface area (Å²) in [7, 11) is 1.27. The lowest BCUT2D eigenvalue weighted by molar-refractivity contribution is -0.117. The van der Waals surface area contributed by atoms with Crippen molar-refractivity contribution in [1.82, 2.24) is 9.97 Å². The minimum atomic E-state index is -0.545. The van der Waals surface area contributed by atoms with E-state index in [1.54, 1.807) is 0 Å². The Morgan fingerprint density at radius 2 is 2.19 bits per heavy atom. The number of methoxy groups -OCH3 is 1. The molecule has 0 saturated carbocycles. The van der Waals surface area contributed by atoms with Gasteiger partial charge in [0.05, 0.1) is 19.5 Å². The van der Waals surface area contributed by atoms with Crippen LogP contribution < -0.4 is 11.1 Å². The third kappa shape index (κ3) is 3.52. The first-order valence-corrected chi connectivity index (χ1v) is 4.56. The number of nitrogens with two attached hydrogens (primary N) is 1. The normalized spacial score (nSPS) is 9.56. The van der Waals surface area contributed by atoms with Gasteiger partial charge in [-0.3, -0.25) is 4.79 Å². The van der Waals surface area contributed by atoms with E-state index in [-0.39, 0.29) is 12.1 Å². The molecule has 3 N–H and O–H groups in total. The fourth-order valence-electron chi connectivity index (χ4n) is 0.943. The molecule has 0 fully saturated rings. The Balaban J connectivity index is 2.51. The van der Waals surface area contributed by atoms with Gasteiger partial charge in [0, 0.05) is 13.0 Å². The van der Waals surface area contributed by atoms with Crippen molar-refractivity contribution in [3.05, 3.63) is 18.1 Å². The minimum absolute atomic E-state index is 0.128. The molecule has 0 saturated heterocycles. The van der Waals surface area contributed by atoms with E-state index < -0.39 is 11.9 Å². The number of amides is 1. The van der Waals surface area contributed by atoms with Crippen LogP contribution in [0.25, 0.3) is 0 Å². The largest absolute Gasteiger partial charge is 0.464 e. The Labute approximate surface area is 92.0 Å². The maximum atomic E-state index is 11.0. The summed E-state index contributed by atoms with van der Waals surface area (Å²) in [6, 6.07) is 0. The molecule has 0 aliphatic heterocycles. The van der Waals surface area contributed by atoms with Crippen LogP contribution >= 0.6 is 0 Å². The number of nitrogens with one attached hydrogen (secondary N) is 1. The van der Waals surface area contributed by atoms with Gasteiger partial charge in [-0.15, -0.1) is 0 Å². The zero-order valence-corrected chi connectivity index (χ0v) is 8.77. The smallest absolute Gasteiger partial charge is 0.358 e. The van der Waals surface area contributed by atoms with Gasteiger partial charge < -0.3 is 15.8 Å². The van der Waals surface area contributed by atoms with Gasteiger partial charge in [0.15, 0.2) is 5.69 Å². The van der Waals surface area contributed by atoms with E-state index >= 15 is 0 Å². The number of ether oxygens (including phenoxy) is 1.